The molecular formula is C52H42BaCl2N6O12S2. The molecule has 0 atom stereocenters. The summed E-state index contributed by atoms with van der Waals surface area (Å²) in [7, 11) is -9.18. The van der Waals surface area contributed by atoms with Crippen LogP contribution in [0.1, 0.15) is 45.7 Å². The van der Waals surface area contributed by atoms with Crippen LogP contribution in [0.2, 0.25) is 10.0 Å². The molecule has 75 heavy (non-hydrogen) atoms. The molecule has 0 fully saturated rings. The zero-order valence-electron chi connectivity index (χ0n) is 40.2. The zero-order chi connectivity index (χ0) is 53.5. The van der Waals surface area contributed by atoms with E-state index in [2.05, 4.69) is 31.1 Å². The molecule has 0 radical (unpaired) electrons. The topological polar surface area (TPSA) is 281 Å². The molecule has 0 heterocycles. The molecule has 18 nitrogen and oxygen atoms in total. The van der Waals surface area contributed by atoms with Crippen LogP contribution in [0, 0.1) is 13.8 Å². The molecule has 8 aromatic rings. The second kappa shape index (κ2) is 25.0. The van der Waals surface area contributed by atoms with Gasteiger partial charge in [-0.25, -0.2) is 8.42 Å². The first kappa shape index (κ1) is 57.9. The van der Waals surface area contributed by atoms with Crippen LogP contribution < -0.4 is 25.2 Å². The normalized spacial score (nSPS) is 11.5. The number of carbonyl (C=O) groups excluding carboxylic acids is 2. The maximum Gasteiger partial charge on any atom is 2.00 e. The number of phenols is 1. The number of fused-ring (bicyclic) bond motifs is 2. The number of aryl methyl sites for hydroxylation is 2. The molecule has 2 amide bonds. The van der Waals surface area contributed by atoms with E-state index in [1.807, 2.05) is 13.8 Å². The Morgan fingerprint density at radius 3 is 1.44 bits per heavy atom. The molecule has 0 aliphatic heterocycles. The molecule has 8 rings (SSSR count). The predicted octanol–water partition coefficient (Wildman–Crippen LogP) is 12.3. The molecule has 23 heteroatoms. The first-order valence-electron chi connectivity index (χ1n) is 22.1. The van der Waals surface area contributed by atoms with Crippen LogP contribution >= 0.6 is 23.2 Å². The summed E-state index contributed by atoms with van der Waals surface area (Å²) in [5.74, 6) is -0.928. The van der Waals surface area contributed by atoms with Crippen molar-refractivity contribution >= 4 is 160 Å². The minimum absolute atomic E-state index is 0. The molecular weight excluding hydrogens is 1170 g/mol. The third kappa shape index (κ3) is 14.1. The van der Waals surface area contributed by atoms with Gasteiger partial charge in [-0.3, -0.25) is 14.1 Å². The first-order valence-corrected chi connectivity index (χ1v) is 25.7. The number of ether oxygens (including phenoxy) is 2. The quantitative estimate of drug-likeness (QED) is 0.0449. The summed E-state index contributed by atoms with van der Waals surface area (Å²) in [6.45, 7) is 7.81. The number of rotatable bonds is 14. The average molecular weight is 1220 g/mol. The van der Waals surface area contributed by atoms with Gasteiger partial charge in [0.05, 0.1) is 44.3 Å². The maximum atomic E-state index is 13.3. The second-order valence-corrected chi connectivity index (χ2v) is 19.6. The van der Waals surface area contributed by atoms with Crippen LogP contribution in [-0.2, 0) is 20.2 Å². The standard InChI is InChI=1S/2C26H22ClN3O6S.Ba/c2*1-3-36-18-10-8-17(9-11-18)28-26(32)21-13-16-6-4-5-7-20(16)24(25(21)31)30-29-23-15(2)12-19(14-22(23)27)37(33,34)35;/h2*4-14,31H,3H2,1-2H3,(H,28,32)(H,33,34,35);/q;;+2/p-2. The molecule has 0 saturated heterocycles. The summed E-state index contributed by atoms with van der Waals surface area (Å²) in [6.07, 6.45) is 0. The number of hydrogen-bond donors (Lipinski definition) is 4. The van der Waals surface area contributed by atoms with Gasteiger partial charge in [0.25, 0.3) is 21.9 Å². The van der Waals surface area contributed by atoms with Crippen LogP contribution in [0.3, 0.4) is 0 Å². The Balaban J connectivity index is 0.000000241. The number of carbonyl (C=O) groups is 2. The fourth-order valence-corrected chi connectivity index (χ4v) is 9.24. The third-order valence-electron chi connectivity index (χ3n) is 10.8. The molecule has 4 N–H and O–H groups in total. The fraction of sp³-hybridized carbons (Fsp3) is 0.115. The number of anilines is 2. The Bertz CT molecular complexity index is 3480. The summed E-state index contributed by atoms with van der Waals surface area (Å²) in [5.41, 5.74) is 1.58. The van der Waals surface area contributed by atoms with Crippen LogP contribution in [-0.4, -0.2) is 105 Å². The van der Waals surface area contributed by atoms with Gasteiger partial charge in [-0.05, 0) is 135 Å². The summed E-state index contributed by atoms with van der Waals surface area (Å²) in [4.78, 5) is 25.2. The molecule has 0 bridgehead atoms. The van der Waals surface area contributed by atoms with Crippen molar-refractivity contribution in [1.82, 2.24) is 0 Å². The second-order valence-electron chi connectivity index (χ2n) is 16.0. The van der Waals surface area contributed by atoms with Gasteiger partial charge in [-0.2, -0.15) is 13.5 Å². The SMILES string of the molecule is CCOc1ccc(NC(=O)c2cc3ccccc3c(N=Nc3c(C)cc(S(=O)(=O)O)cc3Cl)c2O)cc1.CCOc1ccc(NC(=O)c2cc3ccccc3c(N=Nc3c(C)cc(S(=O)(=O)[O-])cc3Cl)c2[O-])cc1.[Ba+2]. The van der Waals surface area contributed by atoms with Crippen LogP contribution in [0.15, 0.2) is 164 Å². The predicted molar refractivity (Wildman–Crippen MR) is 284 cm³/mol. The van der Waals surface area contributed by atoms with E-state index < -0.39 is 48.4 Å². The van der Waals surface area contributed by atoms with Gasteiger partial charge < -0.3 is 34.9 Å². The average Bonchev–Trinajstić information content (AvgIpc) is 3.35. The third-order valence-corrected chi connectivity index (χ3v) is 13.1. The van der Waals surface area contributed by atoms with E-state index in [4.69, 9.17) is 32.7 Å². The number of phenolic OH excluding ortho intramolecular Hbond substituents is 1. The number of aromatic hydroxyl groups is 1. The minimum Gasteiger partial charge on any atom is -0.870 e. The van der Waals surface area contributed by atoms with E-state index in [1.54, 1.807) is 110 Å². The first-order chi connectivity index (χ1) is 35.2. The van der Waals surface area contributed by atoms with Crippen molar-refractivity contribution in [1.29, 1.82) is 0 Å². The molecule has 0 spiro atoms. The molecule has 0 aromatic heterocycles. The molecule has 0 aliphatic carbocycles. The van der Waals surface area contributed by atoms with Crippen LogP contribution in [0.5, 0.6) is 23.0 Å². The van der Waals surface area contributed by atoms with E-state index in [1.165, 1.54) is 19.1 Å². The molecule has 380 valence electrons. The number of hydrogen-bond acceptors (Lipinski definition) is 15. The van der Waals surface area contributed by atoms with Gasteiger partial charge in [-0.15, -0.1) is 15.3 Å². The smallest absolute Gasteiger partial charge is 0.870 e. The number of halogens is 2. The number of azo groups is 2. The van der Waals surface area contributed by atoms with Crippen molar-refractivity contribution in [3.63, 3.8) is 0 Å². The number of benzene rings is 8. The number of nitrogens with zero attached hydrogens (tertiary/aromatic N) is 4. The van der Waals surface area contributed by atoms with E-state index in [0.717, 1.165) is 18.2 Å². The molecule has 8 aromatic carbocycles. The van der Waals surface area contributed by atoms with Gasteiger partial charge in [0.15, 0.2) is 5.75 Å². The minimum atomic E-state index is -4.72. The van der Waals surface area contributed by atoms with Crippen LogP contribution in [0.4, 0.5) is 34.1 Å². The fourth-order valence-electron chi connectivity index (χ4n) is 7.32. The summed E-state index contributed by atoms with van der Waals surface area (Å²) >= 11 is 12.4. The molecule has 0 saturated carbocycles. The van der Waals surface area contributed by atoms with Crippen LogP contribution in [0.25, 0.3) is 21.5 Å². The number of amides is 2. The van der Waals surface area contributed by atoms with Crippen molar-refractivity contribution < 1.29 is 55.2 Å². The van der Waals surface area contributed by atoms with E-state index in [9.17, 15) is 45.7 Å². The Morgan fingerprint density at radius 2 is 0.987 bits per heavy atom. The maximum absolute atomic E-state index is 13.3. The van der Waals surface area contributed by atoms with E-state index >= 15 is 0 Å². The van der Waals surface area contributed by atoms with Gasteiger partial charge in [0, 0.05) is 27.7 Å². The van der Waals surface area contributed by atoms with Gasteiger partial charge >= 0.3 is 48.9 Å². The summed E-state index contributed by atoms with van der Waals surface area (Å²) in [6, 6.07) is 34.8. The summed E-state index contributed by atoms with van der Waals surface area (Å²) < 4.78 is 77.1. The van der Waals surface area contributed by atoms with Crippen molar-refractivity contribution in [2.24, 2.45) is 20.5 Å². The summed E-state index contributed by atoms with van der Waals surface area (Å²) in [5, 5.41) is 48.3. The van der Waals surface area contributed by atoms with E-state index in [0.29, 0.717) is 63.2 Å². The largest absolute Gasteiger partial charge is 2.00 e. The Kier molecular flexibility index (Phi) is 19.3. The van der Waals surface area contributed by atoms with Crippen molar-refractivity contribution in [3.8, 4) is 23.0 Å². The van der Waals surface area contributed by atoms with Crippen molar-refractivity contribution in [2.45, 2.75) is 37.5 Å². The molecule has 0 unspecified atom stereocenters. The van der Waals surface area contributed by atoms with Crippen molar-refractivity contribution in [3.05, 3.63) is 166 Å². The van der Waals surface area contributed by atoms with Gasteiger partial charge in [0.2, 0.25) is 0 Å². The van der Waals surface area contributed by atoms with Crippen molar-refractivity contribution in [2.75, 3.05) is 23.8 Å². The zero-order valence-corrected chi connectivity index (χ0v) is 47.7. The van der Waals surface area contributed by atoms with Gasteiger partial charge in [0.1, 0.15) is 38.7 Å². The van der Waals surface area contributed by atoms with E-state index in [-0.39, 0.29) is 103 Å². The Morgan fingerprint density at radius 1 is 0.587 bits per heavy atom. The number of nitrogens with one attached hydrogen (secondary N) is 2. The Hall–Kier alpha value is -6.41. The van der Waals surface area contributed by atoms with Gasteiger partial charge in [-0.1, -0.05) is 77.5 Å². The monoisotopic (exact) mass is 1210 g/mol. The molecule has 0 aliphatic rings. The Labute approximate surface area is 481 Å².